The number of rotatable bonds is 2. The minimum absolute atomic E-state index is 0.140. The zero-order valence-corrected chi connectivity index (χ0v) is 11.8. The Kier molecular flexibility index (Phi) is 4.39. The minimum atomic E-state index is -4.50. The van der Waals surface area contributed by atoms with Gasteiger partial charge in [-0.05, 0) is 6.92 Å². The second-order valence-electron chi connectivity index (χ2n) is 4.89. The van der Waals surface area contributed by atoms with Gasteiger partial charge in [0, 0.05) is 31.1 Å². The maximum Gasteiger partial charge on any atom is 0.434 e. The van der Waals surface area contributed by atoms with Crippen LogP contribution in [0.1, 0.15) is 12.6 Å². The fourth-order valence-electron chi connectivity index (χ4n) is 2.17. The van der Waals surface area contributed by atoms with Crippen LogP contribution in [0, 0.1) is 0 Å². The van der Waals surface area contributed by atoms with Gasteiger partial charge in [0.1, 0.15) is 0 Å². The van der Waals surface area contributed by atoms with Crippen LogP contribution >= 0.6 is 11.3 Å². The van der Waals surface area contributed by atoms with E-state index in [1.165, 1.54) is 4.90 Å². The van der Waals surface area contributed by atoms with E-state index in [0.29, 0.717) is 0 Å². The van der Waals surface area contributed by atoms with Crippen LogP contribution in [0.2, 0.25) is 0 Å². The van der Waals surface area contributed by atoms with E-state index in [-0.39, 0.29) is 24.8 Å². The first-order chi connectivity index (χ1) is 9.56. The van der Waals surface area contributed by atoms with Gasteiger partial charge in [0.2, 0.25) is 0 Å². The Balaban J connectivity index is 2.01. The Morgan fingerprint density at radius 3 is 2.38 bits per heavy atom. The Bertz CT molecular complexity index is 483. The molecule has 0 saturated carbocycles. The average Bonchev–Trinajstić information content (AvgIpc) is 2.79. The summed E-state index contributed by atoms with van der Waals surface area (Å²) >= 11 is 0.853. The number of alkyl halides is 6. The Morgan fingerprint density at radius 1 is 1.24 bits per heavy atom. The first kappa shape index (κ1) is 16.3. The van der Waals surface area contributed by atoms with Gasteiger partial charge < -0.3 is 4.90 Å². The van der Waals surface area contributed by atoms with Crippen molar-refractivity contribution in [3.05, 3.63) is 11.1 Å². The molecule has 0 N–H and O–H groups in total. The van der Waals surface area contributed by atoms with Gasteiger partial charge >= 0.3 is 12.4 Å². The second kappa shape index (κ2) is 5.64. The molecule has 1 fully saturated rings. The van der Waals surface area contributed by atoms with Gasteiger partial charge in [-0.2, -0.15) is 26.3 Å². The monoisotopic (exact) mass is 333 g/mol. The van der Waals surface area contributed by atoms with Gasteiger partial charge in [-0.1, -0.05) is 0 Å². The molecule has 1 aromatic rings. The summed E-state index contributed by atoms with van der Waals surface area (Å²) in [4.78, 5) is 6.39. The quantitative estimate of drug-likeness (QED) is 0.775. The molecule has 2 heterocycles. The number of thiazole rings is 1. The molecule has 0 aliphatic carbocycles. The summed E-state index contributed by atoms with van der Waals surface area (Å²) in [6, 6.07) is -0.404. The normalized spacial score (nSPS) is 21.9. The standard InChI is InChI=1S/C11H13F6N3S/c1-7-4-19(2-3-20(7)6-10(12,13)14)9-18-8(5-21-9)11(15,16)17/h5,7H,2-4,6H2,1H3. The summed E-state index contributed by atoms with van der Waals surface area (Å²) in [6.45, 7) is 1.21. The summed E-state index contributed by atoms with van der Waals surface area (Å²) in [6.07, 6.45) is -8.78. The van der Waals surface area contributed by atoms with E-state index < -0.39 is 30.6 Å². The summed E-state index contributed by atoms with van der Waals surface area (Å²) in [7, 11) is 0. The maximum atomic E-state index is 12.5. The van der Waals surface area contributed by atoms with E-state index in [1.54, 1.807) is 11.8 Å². The lowest BCUT2D eigenvalue weighted by molar-refractivity contribution is -0.151. The molecule has 2 rings (SSSR count). The lowest BCUT2D eigenvalue weighted by Crippen LogP contribution is -2.54. The summed E-state index contributed by atoms with van der Waals surface area (Å²) < 4.78 is 74.6. The van der Waals surface area contributed by atoms with Crippen molar-refractivity contribution >= 4 is 16.5 Å². The molecule has 1 unspecified atom stereocenters. The molecule has 120 valence electrons. The van der Waals surface area contributed by atoms with Crippen molar-refractivity contribution < 1.29 is 26.3 Å². The van der Waals surface area contributed by atoms with Crippen LogP contribution in [0.4, 0.5) is 31.5 Å². The van der Waals surface area contributed by atoms with Gasteiger partial charge in [0.25, 0.3) is 0 Å². The predicted molar refractivity (Wildman–Crippen MR) is 66.4 cm³/mol. The molecule has 1 atom stereocenters. The van der Waals surface area contributed by atoms with Crippen molar-refractivity contribution in [2.75, 3.05) is 31.1 Å². The molecule has 3 nitrogen and oxygen atoms in total. The van der Waals surface area contributed by atoms with Gasteiger partial charge in [-0.3, -0.25) is 4.90 Å². The summed E-state index contributed by atoms with van der Waals surface area (Å²) in [5.74, 6) is 0. The third-order valence-corrected chi connectivity index (χ3v) is 4.10. The number of nitrogens with zero attached hydrogens (tertiary/aromatic N) is 3. The van der Waals surface area contributed by atoms with Crippen LogP contribution in [0.25, 0.3) is 0 Å². The van der Waals surface area contributed by atoms with Crippen LogP contribution in [0.5, 0.6) is 0 Å². The fraction of sp³-hybridized carbons (Fsp3) is 0.727. The molecule has 0 amide bonds. The molecule has 1 aromatic heterocycles. The summed E-state index contributed by atoms with van der Waals surface area (Å²) in [5, 5.41) is 1.11. The fourth-order valence-corrected chi connectivity index (χ4v) is 3.04. The highest BCUT2D eigenvalue weighted by Gasteiger charge is 2.37. The Hall–Kier alpha value is -1.03. The molecule has 0 bridgehead atoms. The van der Waals surface area contributed by atoms with E-state index in [1.807, 2.05) is 0 Å². The molecular formula is C11H13F6N3S. The van der Waals surface area contributed by atoms with Gasteiger partial charge in [-0.15, -0.1) is 11.3 Å². The molecule has 1 aliphatic rings. The number of piperazine rings is 1. The number of hydrogen-bond donors (Lipinski definition) is 0. The molecule has 1 saturated heterocycles. The number of anilines is 1. The molecule has 0 spiro atoms. The van der Waals surface area contributed by atoms with Gasteiger partial charge in [0.05, 0.1) is 6.54 Å². The SMILES string of the molecule is CC1CN(c2nc(C(F)(F)F)cs2)CCN1CC(F)(F)F. The molecule has 1 aliphatic heterocycles. The smallest absolute Gasteiger partial charge is 0.345 e. The molecule has 0 aromatic carbocycles. The minimum Gasteiger partial charge on any atom is -0.345 e. The highest BCUT2D eigenvalue weighted by atomic mass is 32.1. The molecule has 0 radical (unpaired) electrons. The third kappa shape index (κ3) is 4.22. The Labute approximate surface area is 121 Å². The first-order valence-electron chi connectivity index (χ1n) is 6.15. The van der Waals surface area contributed by atoms with Crippen molar-refractivity contribution in [1.82, 2.24) is 9.88 Å². The third-order valence-electron chi connectivity index (χ3n) is 3.20. The van der Waals surface area contributed by atoms with Crippen molar-refractivity contribution in [2.45, 2.75) is 25.3 Å². The van der Waals surface area contributed by atoms with Crippen LogP contribution in [0.15, 0.2) is 5.38 Å². The van der Waals surface area contributed by atoms with Crippen molar-refractivity contribution in [2.24, 2.45) is 0 Å². The second-order valence-corrected chi connectivity index (χ2v) is 5.73. The van der Waals surface area contributed by atoms with E-state index >= 15 is 0 Å². The first-order valence-corrected chi connectivity index (χ1v) is 7.03. The van der Waals surface area contributed by atoms with E-state index in [9.17, 15) is 26.3 Å². The van der Waals surface area contributed by atoms with Gasteiger partial charge in [-0.25, -0.2) is 4.98 Å². The largest absolute Gasteiger partial charge is 0.434 e. The van der Waals surface area contributed by atoms with Crippen LogP contribution in [0.3, 0.4) is 0 Å². The topological polar surface area (TPSA) is 19.4 Å². The lowest BCUT2D eigenvalue weighted by Gasteiger charge is -2.39. The zero-order chi connectivity index (χ0) is 15.8. The van der Waals surface area contributed by atoms with Crippen molar-refractivity contribution in [3.63, 3.8) is 0 Å². The summed E-state index contributed by atoms with van der Waals surface area (Å²) in [5.41, 5.74) is -0.965. The number of hydrogen-bond acceptors (Lipinski definition) is 4. The highest BCUT2D eigenvalue weighted by molar-refractivity contribution is 7.13. The zero-order valence-electron chi connectivity index (χ0n) is 11.0. The average molecular weight is 333 g/mol. The molecule has 21 heavy (non-hydrogen) atoms. The van der Waals surface area contributed by atoms with E-state index in [2.05, 4.69) is 4.98 Å². The van der Waals surface area contributed by atoms with E-state index in [0.717, 1.165) is 16.7 Å². The van der Waals surface area contributed by atoms with Crippen LogP contribution in [-0.4, -0.2) is 48.3 Å². The van der Waals surface area contributed by atoms with E-state index in [4.69, 9.17) is 0 Å². The van der Waals surface area contributed by atoms with Gasteiger partial charge in [0.15, 0.2) is 10.8 Å². The Morgan fingerprint density at radius 2 is 1.90 bits per heavy atom. The number of aromatic nitrogens is 1. The predicted octanol–water partition coefficient (Wildman–Crippen LogP) is 3.23. The van der Waals surface area contributed by atoms with Crippen molar-refractivity contribution in [3.8, 4) is 0 Å². The highest BCUT2D eigenvalue weighted by Crippen LogP contribution is 2.33. The maximum absolute atomic E-state index is 12.5. The number of halogens is 6. The lowest BCUT2D eigenvalue weighted by atomic mass is 10.2. The molecule has 10 heteroatoms. The van der Waals surface area contributed by atoms with Crippen LogP contribution < -0.4 is 4.90 Å². The van der Waals surface area contributed by atoms with Crippen molar-refractivity contribution in [1.29, 1.82) is 0 Å². The van der Waals surface area contributed by atoms with Crippen LogP contribution in [-0.2, 0) is 6.18 Å². The molecular weight excluding hydrogens is 320 g/mol.